The van der Waals surface area contributed by atoms with Gasteiger partial charge >= 0.3 is 37.7 Å². The molecule has 0 spiro atoms. The summed E-state index contributed by atoms with van der Waals surface area (Å²) in [4.78, 5) is 20.9. The van der Waals surface area contributed by atoms with E-state index in [1.165, 1.54) is 0 Å². The molecule has 0 aliphatic rings. The van der Waals surface area contributed by atoms with Crippen LogP contribution < -0.4 is 10.2 Å². The molecule has 0 amide bonds. The van der Waals surface area contributed by atoms with Crippen molar-refractivity contribution in [1.82, 2.24) is 0 Å². The third-order valence-corrected chi connectivity index (χ3v) is 3.65. The van der Waals surface area contributed by atoms with Gasteiger partial charge in [0.25, 0.3) is 0 Å². The molecule has 0 fully saturated rings. The molecule has 2 aromatic rings. The first-order chi connectivity index (χ1) is 10.3. The van der Waals surface area contributed by atoms with Crippen LogP contribution in [-0.4, -0.2) is 49.7 Å². The molecule has 0 saturated heterocycles. The number of rotatable bonds is 2. The predicted octanol–water partition coefficient (Wildman–Crippen LogP) is 0.953. The van der Waals surface area contributed by atoms with Crippen LogP contribution in [0, 0.1) is 27.7 Å². The third-order valence-electron chi connectivity index (χ3n) is 3.65. The molecule has 2 aromatic carbocycles. The van der Waals surface area contributed by atoms with Crippen molar-refractivity contribution in [3.8, 4) is 0 Å². The summed E-state index contributed by atoms with van der Waals surface area (Å²) in [5.74, 6) is -2.21. The molecule has 0 radical (unpaired) electrons. The van der Waals surface area contributed by atoms with E-state index >= 15 is 0 Å². The maximum absolute atomic E-state index is 10.5. The number of aromatic carboxylic acids is 2. The molecule has 0 aliphatic carbocycles. The molecule has 0 unspecified atom stereocenters. The molecule has 5 heteroatoms. The van der Waals surface area contributed by atoms with Gasteiger partial charge in [-0.25, -0.2) is 0 Å². The molecule has 4 nitrogen and oxygen atoms in total. The van der Waals surface area contributed by atoms with Crippen LogP contribution in [0.25, 0.3) is 0 Å². The minimum absolute atomic E-state index is 0. The molecular weight excluding hydrogens is 320 g/mol. The normalized spacial score (nSPS) is 9.22. The number of carboxylic acid groups (broad SMARTS) is 2. The third kappa shape index (κ3) is 5.98. The van der Waals surface area contributed by atoms with Crippen LogP contribution >= 0.6 is 0 Å². The van der Waals surface area contributed by atoms with Gasteiger partial charge in [0, 0.05) is 11.1 Å². The molecular formula is C18H18CaO4. The van der Waals surface area contributed by atoms with Gasteiger partial charge in [0.15, 0.2) is 0 Å². The van der Waals surface area contributed by atoms with Crippen LogP contribution in [0.2, 0.25) is 0 Å². The molecule has 2 rings (SSSR count). The van der Waals surface area contributed by atoms with E-state index in [4.69, 9.17) is 0 Å². The van der Waals surface area contributed by atoms with E-state index in [2.05, 4.69) is 0 Å². The number of benzene rings is 2. The zero-order chi connectivity index (χ0) is 16.9. The van der Waals surface area contributed by atoms with Gasteiger partial charge in [0.05, 0.1) is 11.9 Å². The van der Waals surface area contributed by atoms with Gasteiger partial charge in [-0.2, -0.15) is 0 Å². The first-order valence-corrected chi connectivity index (χ1v) is 6.80. The van der Waals surface area contributed by atoms with E-state index in [-0.39, 0.29) is 48.9 Å². The van der Waals surface area contributed by atoms with Gasteiger partial charge in [-0.05, 0) is 49.9 Å². The molecule has 0 aromatic heterocycles. The summed E-state index contributed by atoms with van der Waals surface area (Å²) < 4.78 is 0. The molecule has 0 atom stereocenters. The van der Waals surface area contributed by atoms with E-state index in [9.17, 15) is 19.8 Å². The fourth-order valence-electron chi connectivity index (χ4n) is 1.94. The Bertz CT molecular complexity index is 647. The van der Waals surface area contributed by atoms with Crippen molar-refractivity contribution in [2.45, 2.75) is 27.7 Å². The summed E-state index contributed by atoms with van der Waals surface area (Å²) in [6, 6.07) is 10.3. The van der Waals surface area contributed by atoms with Gasteiger partial charge < -0.3 is 19.8 Å². The zero-order valence-electron chi connectivity index (χ0n) is 13.8. The molecule has 0 heterocycles. The number of hydrogen-bond acceptors (Lipinski definition) is 4. The summed E-state index contributed by atoms with van der Waals surface area (Å²) >= 11 is 0. The van der Waals surface area contributed by atoms with E-state index in [0.717, 1.165) is 22.3 Å². The Morgan fingerprint density at radius 1 is 0.696 bits per heavy atom. The van der Waals surface area contributed by atoms with E-state index in [1.807, 2.05) is 26.0 Å². The van der Waals surface area contributed by atoms with Crippen molar-refractivity contribution in [1.29, 1.82) is 0 Å². The fourth-order valence-corrected chi connectivity index (χ4v) is 1.94. The minimum Gasteiger partial charge on any atom is -0.545 e. The van der Waals surface area contributed by atoms with Crippen molar-refractivity contribution in [2.24, 2.45) is 0 Å². The molecule has 116 valence electrons. The number of carboxylic acids is 2. The SMILES string of the molecule is Cc1cccc(C(=O)[O-])c1C.Cc1cccc(C(=O)[O-])c1C.[Ca+2]. The molecule has 0 N–H and O–H groups in total. The Kier molecular flexibility index (Phi) is 9.13. The van der Waals surface area contributed by atoms with Gasteiger partial charge in [0.1, 0.15) is 0 Å². The standard InChI is InChI=1S/2C9H10O2.Ca/c2*1-6-4-3-5-8(7(6)2)9(10)11;/h2*3-5H,1-2H3,(H,10,11);/q;;+2/p-2. The smallest absolute Gasteiger partial charge is 0.545 e. The summed E-state index contributed by atoms with van der Waals surface area (Å²) in [6.07, 6.45) is 0. The van der Waals surface area contributed by atoms with Crippen molar-refractivity contribution in [3.63, 3.8) is 0 Å². The maximum Gasteiger partial charge on any atom is 2.00 e. The molecule has 0 saturated carbocycles. The number of carbonyl (C=O) groups is 2. The number of hydrogen-bond donors (Lipinski definition) is 0. The Morgan fingerprint density at radius 2 is 1.00 bits per heavy atom. The van der Waals surface area contributed by atoms with Crippen molar-refractivity contribution in [2.75, 3.05) is 0 Å². The number of carbonyl (C=O) groups excluding carboxylic acids is 2. The molecule has 0 aliphatic heterocycles. The quantitative estimate of drug-likeness (QED) is 0.764. The Labute approximate surface area is 166 Å². The van der Waals surface area contributed by atoms with Crippen LogP contribution in [-0.2, 0) is 0 Å². The average Bonchev–Trinajstić information content (AvgIpc) is 2.45. The van der Waals surface area contributed by atoms with Crippen LogP contribution in [0.3, 0.4) is 0 Å². The maximum atomic E-state index is 10.5. The van der Waals surface area contributed by atoms with Gasteiger partial charge in [-0.15, -0.1) is 0 Å². The molecule has 23 heavy (non-hydrogen) atoms. The van der Waals surface area contributed by atoms with Crippen molar-refractivity contribution in [3.05, 3.63) is 69.8 Å². The van der Waals surface area contributed by atoms with Crippen LogP contribution in [0.4, 0.5) is 0 Å². The summed E-state index contributed by atoms with van der Waals surface area (Å²) in [5.41, 5.74) is 4.09. The first kappa shape index (κ1) is 21.6. The second-order valence-electron chi connectivity index (χ2n) is 5.07. The summed E-state index contributed by atoms with van der Waals surface area (Å²) in [7, 11) is 0. The minimum atomic E-state index is -1.11. The largest absolute Gasteiger partial charge is 2.00 e. The predicted molar refractivity (Wildman–Crippen MR) is 86.2 cm³/mol. The Hall–Kier alpha value is -1.36. The first-order valence-electron chi connectivity index (χ1n) is 6.80. The van der Waals surface area contributed by atoms with E-state index in [1.54, 1.807) is 38.1 Å². The summed E-state index contributed by atoms with van der Waals surface area (Å²) in [6.45, 7) is 7.31. The topological polar surface area (TPSA) is 80.3 Å². The summed E-state index contributed by atoms with van der Waals surface area (Å²) in [5, 5.41) is 20.9. The Balaban J connectivity index is 0.000000403. The van der Waals surface area contributed by atoms with Crippen molar-refractivity contribution < 1.29 is 19.8 Å². The fraction of sp³-hybridized carbons (Fsp3) is 0.222. The van der Waals surface area contributed by atoms with Crippen LogP contribution in [0.15, 0.2) is 36.4 Å². The van der Waals surface area contributed by atoms with Gasteiger partial charge in [0.2, 0.25) is 0 Å². The number of aryl methyl sites for hydroxylation is 2. The van der Waals surface area contributed by atoms with Crippen LogP contribution in [0.1, 0.15) is 43.0 Å². The monoisotopic (exact) mass is 338 g/mol. The Morgan fingerprint density at radius 3 is 1.22 bits per heavy atom. The van der Waals surface area contributed by atoms with E-state index in [0.29, 0.717) is 0 Å². The second-order valence-corrected chi connectivity index (χ2v) is 5.07. The second kappa shape index (κ2) is 9.71. The average molecular weight is 338 g/mol. The van der Waals surface area contributed by atoms with E-state index < -0.39 is 11.9 Å². The van der Waals surface area contributed by atoms with Crippen LogP contribution in [0.5, 0.6) is 0 Å². The zero-order valence-corrected chi connectivity index (χ0v) is 16.0. The molecule has 0 bridgehead atoms. The van der Waals surface area contributed by atoms with Crippen molar-refractivity contribution >= 4 is 49.7 Å². The van der Waals surface area contributed by atoms with Gasteiger partial charge in [-0.1, -0.05) is 36.4 Å². The van der Waals surface area contributed by atoms with Gasteiger partial charge in [-0.3, -0.25) is 0 Å².